The third-order valence-corrected chi connectivity index (χ3v) is 2.15. The van der Waals surface area contributed by atoms with Gasteiger partial charge < -0.3 is 9.47 Å². The lowest BCUT2D eigenvalue weighted by Crippen LogP contribution is -2.12. The average molecular weight is 195 g/mol. The molecular formula is C11H17NO2. The summed E-state index contributed by atoms with van der Waals surface area (Å²) in [5, 5.41) is 0. The highest BCUT2D eigenvalue weighted by molar-refractivity contribution is 5.08. The predicted octanol–water partition coefficient (Wildman–Crippen LogP) is 2.02. The second-order valence-corrected chi connectivity index (χ2v) is 3.15. The number of ether oxygens (including phenoxy) is 2. The van der Waals surface area contributed by atoms with Gasteiger partial charge in [-0.2, -0.15) is 0 Å². The first-order chi connectivity index (χ1) is 6.86. The maximum Gasteiger partial charge on any atom is 0.156 e. The number of nitrogens with zero attached hydrogens (tertiary/aromatic N) is 1. The fourth-order valence-electron chi connectivity index (χ4n) is 1.35. The zero-order valence-electron chi connectivity index (χ0n) is 8.77. The van der Waals surface area contributed by atoms with Crippen molar-refractivity contribution in [1.29, 1.82) is 0 Å². The molecule has 0 saturated heterocycles. The van der Waals surface area contributed by atoms with Gasteiger partial charge in [-0.25, -0.2) is 0 Å². The topological polar surface area (TPSA) is 31.4 Å². The molecule has 0 aliphatic carbocycles. The van der Waals surface area contributed by atoms with E-state index in [2.05, 4.69) is 11.1 Å². The van der Waals surface area contributed by atoms with Gasteiger partial charge >= 0.3 is 0 Å². The zero-order valence-corrected chi connectivity index (χ0v) is 8.77. The van der Waals surface area contributed by atoms with Gasteiger partial charge in [0.1, 0.15) is 0 Å². The van der Waals surface area contributed by atoms with Gasteiger partial charge in [-0.3, -0.25) is 4.98 Å². The Morgan fingerprint density at radius 1 is 1.36 bits per heavy atom. The highest BCUT2D eigenvalue weighted by Gasteiger charge is 2.03. The third-order valence-electron chi connectivity index (χ3n) is 2.15. The van der Waals surface area contributed by atoms with E-state index < -0.39 is 0 Å². The second-order valence-electron chi connectivity index (χ2n) is 3.15. The van der Waals surface area contributed by atoms with E-state index in [9.17, 15) is 0 Å². The van der Waals surface area contributed by atoms with Gasteiger partial charge in [0, 0.05) is 26.6 Å². The minimum atomic E-state index is -0.0772. The molecule has 1 aromatic rings. The summed E-state index contributed by atoms with van der Waals surface area (Å²) in [5.41, 5.74) is 1.26. The van der Waals surface area contributed by atoms with Crippen molar-refractivity contribution in [3.05, 3.63) is 30.1 Å². The number of aromatic nitrogens is 1. The van der Waals surface area contributed by atoms with Crippen LogP contribution in [0.25, 0.3) is 0 Å². The predicted molar refractivity (Wildman–Crippen MR) is 55.0 cm³/mol. The van der Waals surface area contributed by atoms with E-state index in [1.807, 2.05) is 12.3 Å². The van der Waals surface area contributed by atoms with Crippen LogP contribution in [0, 0.1) is 0 Å². The fourth-order valence-corrected chi connectivity index (χ4v) is 1.35. The van der Waals surface area contributed by atoms with Crippen LogP contribution in [0.3, 0.4) is 0 Å². The van der Waals surface area contributed by atoms with Crippen LogP contribution in [0.2, 0.25) is 0 Å². The van der Waals surface area contributed by atoms with Crippen molar-refractivity contribution >= 4 is 0 Å². The molecule has 0 amide bonds. The second kappa shape index (κ2) is 6.51. The number of hydrogen-bond donors (Lipinski definition) is 0. The van der Waals surface area contributed by atoms with Crippen LogP contribution in [0.4, 0.5) is 0 Å². The van der Waals surface area contributed by atoms with Crippen LogP contribution in [0.1, 0.15) is 18.4 Å². The van der Waals surface area contributed by atoms with Crippen LogP contribution in [0.5, 0.6) is 0 Å². The van der Waals surface area contributed by atoms with E-state index in [1.54, 1.807) is 20.4 Å². The Balaban J connectivity index is 2.21. The molecule has 14 heavy (non-hydrogen) atoms. The molecule has 0 saturated carbocycles. The normalized spacial score (nSPS) is 10.8. The largest absolute Gasteiger partial charge is 0.356 e. The van der Waals surface area contributed by atoms with E-state index in [-0.39, 0.29) is 6.29 Å². The molecule has 78 valence electrons. The molecule has 0 atom stereocenters. The standard InChI is InChI=1S/C11H17NO2/c1-13-11(14-2)7-3-5-10-6-4-8-12-9-10/h4,6,8-9,11H,3,5,7H2,1-2H3. The molecule has 1 rings (SSSR count). The molecule has 0 aliphatic heterocycles. The van der Waals surface area contributed by atoms with Crippen LogP contribution in [0.15, 0.2) is 24.5 Å². The third kappa shape index (κ3) is 3.85. The van der Waals surface area contributed by atoms with Crippen molar-refractivity contribution in [3.63, 3.8) is 0 Å². The minimum absolute atomic E-state index is 0.0772. The van der Waals surface area contributed by atoms with Gasteiger partial charge in [0.05, 0.1) is 0 Å². The Hall–Kier alpha value is -0.930. The molecule has 0 aromatic carbocycles. The average Bonchev–Trinajstić information content (AvgIpc) is 2.26. The maximum absolute atomic E-state index is 5.10. The monoisotopic (exact) mass is 195 g/mol. The summed E-state index contributed by atoms with van der Waals surface area (Å²) in [6.07, 6.45) is 6.61. The Morgan fingerprint density at radius 3 is 2.71 bits per heavy atom. The van der Waals surface area contributed by atoms with Gasteiger partial charge in [0.2, 0.25) is 0 Å². The smallest absolute Gasteiger partial charge is 0.156 e. The molecular weight excluding hydrogens is 178 g/mol. The van der Waals surface area contributed by atoms with Crippen LogP contribution in [-0.4, -0.2) is 25.5 Å². The van der Waals surface area contributed by atoms with Gasteiger partial charge in [-0.15, -0.1) is 0 Å². The fraction of sp³-hybridized carbons (Fsp3) is 0.545. The van der Waals surface area contributed by atoms with Crippen molar-refractivity contribution in [2.24, 2.45) is 0 Å². The first-order valence-electron chi connectivity index (χ1n) is 4.81. The Morgan fingerprint density at radius 2 is 2.14 bits per heavy atom. The Bertz CT molecular complexity index is 234. The molecule has 1 aromatic heterocycles. The molecule has 3 heteroatoms. The molecule has 0 unspecified atom stereocenters. The molecule has 0 bridgehead atoms. The molecule has 0 N–H and O–H groups in total. The van der Waals surface area contributed by atoms with E-state index in [1.165, 1.54) is 5.56 Å². The van der Waals surface area contributed by atoms with E-state index in [0.29, 0.717) is 0 Å². The zero-order chi connectivity index (χ0) is 10.2. The quantitative estimate of drug-likeness (QED) is 0.651. The lowest BCUT2D eigenvalue weighted by atomic mass is 10.1. The van der Waals surface area contributed by atoms with E-state index in [4.69, 9.17) is 9.47 Å². The SMILES string of the molecule is COC(CCCc1cccnc1)OC. The summed E-state index contributed by atoms with van der Waals surface area (Å²) in [4.78, 5) is 4.06. The number of hydrogen-bond acceptors (Lipinski definition) is 3. The van der Waals surface area contributed by atoms with Crippen molar-refractivity contribution in [1.82, 2.24) is 4.98 Å². The number of rotatable bonds is 6. The summed E-state index contributed by atoms with van der Waals surface area (Å²) in [7, 11) is 3.33. The first kappa shape index (κ1) is 11.1. The van der Waals surface area contributed by atoms with Crippen molar-refractivity contribution in [2.45, 2.75) is 25.6 Å². The summed E-state index contributed by atoms with van der Waals surface area (Å²) >= 11 is 0. The Kier molecular flexibility index (Phi) is 5.19. The van der Waals surface area contributed by atoms with Crippen molar-refractivity contribution in [3.8, 4) is 0 Å². The van der Waals surface area contributed by atoms with Crippen LogP contribution >= 0.6 is 0 Å². The molecule has 0 fully saturated rings. The minimum Gasteiger partial charge on any atom is -0.356 e. The molecule has 1 heterocycles. The molecule has 3 nitrogen and oxygen atoms in total. The van der Waals surface area contributed by atoms with Gasteiger partial charge in [0.15, 0.2) is 6.29 Å². The molecule has 0 aliphatic rings. The number of pyridine rings is 1. The van der Waals surface area contributed by atoms with E-state index in [0.717, 1.165) is 19.3 Å². The van der Waals surface area contributed by atoms with Gasteiger partial charge in [0.25, 0.3) is 0 Å². The highest BCUT2D eigenvalue weighted by Crippen LogP contribution is 2.07. The molecule has 0 radical (unpaired) electrons. The summed E-state index contributed by atoms with van der Waals surface area (Å²) in [5.74, 6) is 0. The van der Waals surface area contributed by atoms with Gasteiger partial charge in [-0.05, 0) is 30.9 Å². The Labute approximate surface area is 85.1 Å². The summed E-state index contributed by atoms with van der Waals surface area (Å²) in [6.45, 7) is 0. The highest BCUT2D eigenvalue weighted by atomic mass is 16.7. The van der Waals surface area contributed by atoms with E-state index >= 15 is 0 Å². The number of methoxy groups -OCH3 is 2. The lowest BCUT2D eigenvalue weighted by Gasteiger charge is -2.12. The summed E-state index contributed by atoms with van der Waals surface area (Å²) < 4.78 is 10.2. The number of aryl methyl sites for hydroxylation is 1. The van der Waals surface area contributed by atoms with Gasteiger partial charge in [-0.1, -0.05) is 6.07 Å². The van der Waals surface area contributed by atoms with Crippen molar-refractivity contribution in [2.75, 3.05) is 14.2 Å². The van der Waals surface area contributed by atoms with Crippen molar-refractivity contribution < 1.29 is 9.47 Å². The maximum atomic E-state index is 5.10. The van der Waals surface area contributed by atoms with Crippen LogP contribution < -0.4 is 0 Å². The van der Waals surface area contributed by atoms with Crippen LogP contribution in [-0.2, 0) is 15.9 Å². The lowest BCUT2D eigenvalue weighted by molar-refractivity contribution is -0.106. The summed E-state index contributed by atoms with van der Waals surface area (Å²) in [6, 6.07) is 4.04. The molecule has 0 spiro atoms. The first-order valence-corrected chi connectivity index (χ1v) is 4.81.